The maximum Gasteiger partial charge on any atom is 0.345 e. The van der Waals surface area contributed by atoms with E-state index >= 15 is 0 Å². The highest BCUT2D eigenvalue weighted by molar-refractivity contribution is 9.10. The molecular formula is C19H13BrN2O2S. The van der Waals surface area contributed by atoms with Gasteiger partial charge in [-0.1, -0.05) is 28.1 Å². The molecule has 6 heteroatoms. The topological polar surface area (TPSA) is 55.1 Å². The van der Waals surface area contributed by atoms with Crippen LogP contribution in [0.3, 0.4) is 0 Å². The molecule has 2 heterocycles. The molecule has 4 nitrogen and oxygen atoms in total. The van der Waals surface area contributed by atoms with E-state index in [0.717, 1.165) is 20.7 Å². The number of benzene rings is 2. The second-order valence-electron chi connectivity index (χ2n) is 5.66. The Morgan fingerprint density at radius 2 is 2.04 bits per heavy atom. The van der Waals surface area contributed by atoms with E-state index in [0.29, 0.717) is 16.8 Å². The highest BCUT2D eigenvalue weighted by atomic mass is 79.9. The predicted octanol–water partition coefficient (Wildman–Crippen LogP) is 5.73. The van der Waals surface area contributed by atoms with Gasteiger partial charge >= 0.3 is 5.63 Å². The largest absolute Gasteiger partial charge is 0.422 e. The second-order valence-corrected chi connectivity index (χ2v) is 7.44. The number of hydrogen-bond donors (Lipinski definition) is 1. The van der Waals surface area contributed by atoms with Crippen molar-refractivity contribution in [1.29, 1.82) is 0 Å². The third-order valence-corrected chi connectivity index (χ3v) is 4.99. The van der Waals surface area contributed by atoms with Crippen molar-refractivity contribution >= 4 is 49.1 Å². The van der Waals surface area contributed by atoms with Crippen LogP contribution in [0.15, 0.2) is 67.6 Å². The summed E-state index contributed by atoms with van der Waals surface area (Å²) in [4.78, 5) is 16.8. The summed E-state index contributed by atoms with van der Waals surface area (Å²) < 4.78 is 6.34. The Labute approximate surface area is 156 Å². The molecule has 0 aliphatic rings. The van der Waals surface area contributed by atoms with E-state index in [2.05, 4.69) is 26.2 Å². The van der Waals surface area contributed by atoms with E-state index in [-0.39, 0.29) is 5.63 Å². The molecule has 0 bridgehead atoms. The van der Waals surface area contributed by atoms with Gasteiger partial charge in [0.05, 0.1) is 11.3 Å². The number of rotatable bonds is 3. The molecule has 0 fully saturated rings. The lowest BCUT2D eigenvalue weighted by atomic mass is 10.1. The first-order valence-electron chi connectivity index (χ1n) is 7.61. The van der Waals surface area contributed by atoms with Crippen LogP contribution in [0.2, 0.25) is 0 Å². The maximum absolute atomic E-state index is 12.3. The molecule has 4 rings (SSSR count). The van der Waals surface area contributed by atoms with E-state index in [1.165, 1.54) is 16.9 Å². The van der Waals surface area contributed by atoms with Gasteiger partial charge in [-0.2, -0.15) is 0 Å². The molecule has 2 aromatic heterocycles. The number of anilines is 2. The number of thiazole rings is 1. The van der Waals surface area contributed by atoms with Crippen molar-refractivity contribution in [2.75, 3.05) is 5.32 Å². The first kappa shape index (κ1) is 16.1. The summed E-state index contributed by atoms with van der Waals surface area (Å²) in [6.07, 6.45) is 0. The van der Waals surface area contributed by atoms with Gasteiger partial charge < -0.3 is 9.73 Å². The summed E-state index contributed by atoms with van der Waals surface area (Å²) in [6, 6.07) is 15.4. The van der Waals surface area contributed by atoms with Crippen molar-refractivity contribution in [2.45, 2.75) is 6.92 Å². The predicted molar refractivity (Wildman–Crippen MR) is 106 cm³/mol. The minimum absolute atomic E-state index is 0.387. The average molecular weight is 413 g/mol. The zero-order chi connectivity index (χ0) is 17.4. The Morgan fingerprint density at radius 3 is 2.88 bits per heavy atom. The van der Waals surface area contributed by atoms with E-state index in [9.17, 15) is 4.79 Å². The fourth-order valence-electron chi connectivity index (χ4n) is 2.57. The van der Waals surface area contributed by atoms with Crippen molar-refractivity contribution in [3.63, 3.8) is 0 Å². The summed E-state index contributed by atoms with van der Waals surface area (Å²) in [6.45, 7) is 2.04. The number of fused-ring (bicyclic) bond motifs is 1. The van der Waals surface area contributed by atoms with Crippen LogP contribution in [0.4, 0.5) is 10.8 Å². The molecule has 25 heavy (non-hydrogen) atoms. The molecule has 0 aliphatic carbocycles. The van der Waals surface area contributed by atoms with Crippen LogP contribution in [-0.2, 0) is 0 Å². The third-order valence-electron chi connectivity index (χ3n) is 3.74. The molecule has 0 saturated carbocycles. The molecule has 0 aliphatic heterocycles. The quantitative estimate of drug-likeness (QED) is 0.436. The van der Waals surface area contributed by atoms with E-state index in [1.807, 2.05) is 54.8 Å². The van der Waals surface area contributed by atoms with Crippen LogP contribution in [0.1, 0.15) is 5.56 Å². The molecule has 0 atom stereocenters. The molecule has 0 radical (unpaired) electrons. The van der Waals surface area contributed by atoms with Crippen molar-refractivity contribution in [2.24, 2.45) is 0 Å². The van der Waals surface area contributed by atoms with Crippen LogP contribution in [0.25, 0.3) is 22.2 Å². The molecule has 0 spiro atoms. The lowest BCUT2D eigenvalue weighted by Crippen LogP contribution is -2.03. The molecule has 4 aromatic rings. The van der Waals surface area contributed by atoms with Gasteiger partial charge in [-0.25, -0.2) is 9.78 Å². The monoisotopic (exact) mass is 412 g/mol. The van der Waals surface area contributed by atoms with Crippen LogP contribution in [0.5, 0.6) is 0 Å². The summed E-state index contributed by atoms with van der Waals surface area (Å²) >= 11 is 4.89. The van der Waals surface area contributed by atoms with Gasteiger partial charge in [0, 0.05) is 20.9 Å². The van der Waals surface area contributed by atoms with E-state index in [1.54, 1.807) is 6.07 Å². The number of aromatic nitrogens is 1. The molecule has 124 valence electrons. The lowest BCUT2D eigenvalue weighted by molar-refractivity contribution is 0.563. The third kappa shape index (κ3) is 3.36. The summed E-state index contributed by atoms with van der Waals surface area (Å²) in [5.74, 6) is 0. The number of halogens is 1. The van der Waals surface area contributed by atoms with Crippen LogP contribution in [-0.4, -0.2) is 4.98 Å². The Kier molecular flexibility index (Phi) is 4.15. The Morgan fingerprint density at radius 1 is 1.16 bits per heavy atom. The van der Waals surface area contributed by atoms with Gasteiger partial charge in [-0.3, -0.25) is 0 Å². The number of nitrogens with zero attached hydrogens (tertiary/aromatic N) is 1. The SMILES string of the molecule is Cc1cccc(Nc2nc(-c3cc4cc(Br)ccc4oc3=O)cs2)c1. The zero-order valence-electron chi connectivity index (χ0n) is 13.2. The first-order valence-corrected chi connectivity index (χ1v) is 9.29. The van der Waals surface area contributed by atoms with E-state index in [4.69, 9.17) is 4.42 Å². The molecule has 0 unspecified atom stereocenters. The molecule has 2 aromatic carbocycles. The van der Waals surface area contributed by atoms with Crippen LogP contribution < -0.4 is 10.9 Å². The Bertz CT molecular complexity index is 1130. The van der Waals surface area contributed by atoms with Gasteiger partial charge in [-0.15, -0.1) is 11.3 Å². The summed E-state index contributed by atoms with van der Waals surface area (Å²) in [5.41, 5.74) is 3.38. The zero-order valence-corrected chi connectivity index (χ0v) is 15.6. The van der Waals surface area contributed by atoms with Gasteiger partial charge in [0.25, 0.3) is 0 Å². The van der Waals surface area contributed by atoms with E-state index < -0.39 is 0 Å². The minimum atomic E-state index is -0.387. The standard InChI is InChI=1S/C19H13BrN2O2S/c1-11-3-2-4-14(7-11)21-19-22-16(10-25-19)15-9-12-8-13(20)5-6-17(12)24-18(15)23/h2-10H,1H3,(H,21,22). The van der Waals surface area contributed by atoms with Gasteiger partial charge in [0.2, 0.25) is 0 Å². The van der Waals surface area contributed by atoms with Crippen molar-refractivity contribution in [1.82, 2.24) is 4.98 Å². The van der Waals surface area contributed by atoms with Gasteiger partial charge in [0.15, 0.2) is 5.13 Å². The fraction of sp³-hybridized carbons (Fsp3) is 0.0526. The van der Waals surface area contributed by atoms with Crippen LogP contribution in [0, 0.1) is 6.92 Å². The molecular weight excluding hydrogens is 400 g/mol. The second kappa shape index (κ2) is 6.46. The molecule has 1 N–H and O–H groups in total. The van der Waals surface area contributed by atoms with Gasteiger partial charge in [0.1, 0.15) is 5.58 Å². The van der Waals surface area contributed by atoms with Crippen molar-refractivity contribution in [3.05, 3.63) is 74.4 Å². The first-order chi connectivity index (χ1) is 12.1. The lowest BCUT2D eigenvalue weighted by Gasteiger charge is -2.03. The van der Waals surface area contributed by atoms with Crippen LogP contribution >= 0.6 is 27.3 Å². The average Bonchev–Trinajstić information content (AvgIpc) is 3.03. The normalized spacial score (nSPS) is 11.0. The summed E-state index contributed by atoms with van der Waals surface area (Å²) in [5, 5.41) is 6.71. The number of hydrogen-bond acceptors (Lipinski definition) is 5. The maximum atomic E-state index is 12.3. The molecule has 0 saturated heterocycles. The van der Waals surface area contributed by atoms with Crippen molar-refractivity contribution in [3.8, 4) is 11.3 Å². The smallest absolute Gasteiger partial charge is 0.345 e. The fourth-order valence-corrected chi connectivity index (χ4v) is 3.68. The number of nitrogens with one attached hydrogen (secondary N) is 1. The Hall–Kier alpha value is -2.44. The Balaban J connectivity index is 1.71. The minimum Gasteiger partial charge on any atom is -0.422 e. The highest BCUT2D eigenvalue weighted by Gasteiger charge is 2.12. The number of aryl methyl sites for hydroxylation is 1. The highest BCUT2D eigenvalue weighted by Crippen LogP contribution is 2.28. The van der Waals surface area contributed by atoms with Crippen molar-refractivity contribution < 1.29 is 4.42 Å². The summed E-state index contributed by atoms with van der Waals surface area (Å²) in [7, 11) is 0. The van der Waals surface area contributed by atoms with Gasteiger partial charge in [-0.05, 0) is 48.9 Å². The molecule has 0 amide bonds.